The predicted molar refractivity (Wildman–Crippen MR) is 256 cm³/mol. The Morgan fingerprint density at radius 3 is 1.55 bits per heavy atom. The molecule has 0 atom stereocenters. The van der Waals surface area contributed by atoms with Crippen molar-refractivity contribution in [1.82, 2.24) is 9.13 Å². The summed E-state index contributed by atoms with van der Waals surface area (Å²) in [5, 5.41) is 7.70. The maximum absolute atomic E-state index is 2.47. The van der Waals surface area contributed by atoms with Crippen molar-refractivity contribution in [2.75, 3.05) is 0 Å². The number of thiophene rings is 1. The smallest absolute Gasteiger partial charge is 0.0544 e. The van der Waals surface area contributed by atoms with Crippen molar-refractivity contribution in [2.45, 2.75) is 19.3 Å². The van der Waals surface area contributed by atoms with E-state index in [1.807, 2.05) is 11.3 Å². The summed E-state index contributed by atoms with van der Waals surface area (Å²) in [7, 11) is 0. The quantitative estimate of drug-likeness (QED) is 0.168. The molecular weight excluding hydrogens is 745 g/mol. The molecule has 2 nitrogen and oxygen atoms in total. The molecule has 0 aliphatic heterocycles. The van der Waals surface area contributed by atoms with Crippen molar-refractivity contribution >= 4 is 75.1 Å². The van der Waals surface area contributed by atoms with Gasteiger partial charge in [-0.15, -0.1) is 11.3 Å². The van der Waals surface area contributed by atoms with Gasteiger partial charge in [-0.3, -0.25) is 0 Å². The van der Waals surface area contributed by atoms with E-state index in [0.717, 1.165) is 5.69 Å². The lowest BCUT2D eigenvalue weighted by Crippen LogP contribution is -2.14. The number of hydrogen-bond donors (Lipinski definition) is 0. The number of benzene rings is 9. The normalized spacial score (nSPS) is 13.3. The first-order valence-electron chi connectivity index (χ1n) is 20.8. The van der Waals surface area contributed by atoms with Crippen LogP contribution in [0.25, 0.3) is 109 Å². The SMILES string of the molecule is CC1(C)c2ccccc2-c2cc3c4cc(-c5ccc6c(c5)c5cc(-c7cccc8c7sc7ccccc78)ccc5n6-c5ccccc5)ccc4n(-c4ccccc4)c3cc21. The van der Waals surface area contributed by atoms with Crippen LogP contribution in [0.2, 0.25) is 0 Å². The lowest BCUT2D eigenvalue weighted by Gasteiger charge is -2.21. The molecule has 0 amide bonds. The van der Waals surface area contributed by atoms with Crippen LogP contribution in [-0.2, 0) is 5.41 Å². The van der Waals surface area contributed by atoms with Crippen LogP contribution in [0.15, 0.2) is 194 Å². The van der Waals surface area contributed by atoms with Crippen LogP contribution in [0.3, 0.4) is 0 Å². The molecule has 1 aliphatic rings. The van der Waals surface area contributed by atoms with Gasteiger partial charge < -0.3 is 9.13 Å². The van der Waals surface area contributed by atoms with Crippen molar-refractivity contribution in [3.63, 3.8) is 0 Å². The molecule has 0 fully saturated rings. The van der Waals surface area contributed by atoms with Crippen LogP contribution in [0.1, 0.15) is 25.0 Å². The number of aromatic nitrogens is 2. The topological polar surface area (TPSA) is 9.86 Å². The van der Waals surface area contributed by atoms with Gasteiger partial charge in [0.1, 0.15) is 0 Å². The van der Waals surface area contributed by atoms with Gasteiger partial charge in [-0.1, -0.05) is 129 Å². The zero-order valence-corrected chi connectivity index (χ0v) is 34.1. The number of para-hydroxylation sites is 2. The van der Waals surface area contributed by atoms with Gasteiger partial charge in [0.25, 0.3) is 0 Å². The molecule has 3 heterocycles. The van der Waals surface area contributed by atoms with Crippen LogP contribution in [0.4, 0.5) is 0 Å². The van der Waals surface area contributed by atoms with Crippen molar-refractivity contribution in [1.29, 1.82) is 0 Å². The van der Waals surface area contributed by atoms with Gasteiger partial charge >= 0.3 is 0 Å². The Bertz CT molecular complexity index is 3730. The van der Waals surface area contributed by atoms with E-state index < -0.39 is 0 Å². The molecule has 0 radical (unpaired) electrons. The van der Waals surface area contributed by atoms with E-state index in [9.17, 15) is 0 Å². The number of rotatable bonds is 4. The molecule has 282 valence electrons. The Labute approximate surface area is 351 Å². The van der Waals surface area contributed by atoms with Gasteiger partial charge in [0.05, 0.1) is 22.1 Å². The highest BCUT2D eigenvalue weighted by molar-refractivity contribution is 7.26. The fraction of sp³-hybridized carbons (Fsp3) is 0.0526. The molecule has 1 aliphatic carbocycles. The molecule has 13 rings (SSSR count). The maximum atomic E-state index is 2.47. The predicted octanol–water partition coefficient (Wildman–Crippen LogP) is 15.9. The first-order chi connectivity index (χ1) is 29.5. The second-order valence-corrected chi connectivity index (χ2v) is 18.0. The van der Waals surface area contributed by atoms with Crippen LogP contribution >= 0.6 is 11.3 Å². The fourth-order valence-corrected chi connectivity index (χ4v) is 11.7. The third-order valence-corrected chi connectivity index (χ3v) is 14.5. The van der Waals surface area contributed by atoms with Crippen LogP contribution in [0.5, 0.6) is 0 Å². The van der Waals surface area contributed by atoms with Gasteiger partial charge in [0.2, 0.25) is 0 Å². The monoisotopic (exact) mass is 782 g/mol. The molecule has 0 spiro atoms. The molecule has 12 aromatic rings. The molecular formula is C57H38N2S. The average molecular weight is 783 g/mol. The summed E-state index contributed by atoms with van der Waals surface area (Å²) in [6.07, 6.45) is 0. The van der Waals surface area contributed by atoms with E-state index in [1.165, 1.54) is 114 Å². The fourth-order valence-electron chi connectivity index (χ4n) is 10.4. The van der Waals surface area contributed by atoms with E-state index in [2.05, 4.69) is 217 Å². The zero-order chi connectivity index (χ0) is 39.7. The van der Waals surface area contributed by atoms with E-state index in [0.29, 0.717) is 0 Å². The van der Waals surface area contributed by atoms with Crippen molar-refractivity contribution in [3.8, 4) is 44.8 Å². The Balaban J connectivity index is 1.04. The highest BCUT2D eigenvalue weighted by Crippen LogP contribution is 2.51. The molecule has 0 saturated heterocycles. The Morgan fingerprint density at radius 1 is 0.350 bits per heavy atom. The zero-order valence-electron chi connectivity index (χ0n) is 33.3. The summed E-state index contributed by atoms with van der Waals surface area (Å²) in [6.45, 7) is 4.74. The first kappa shape index (κ1) is 33.7. The molecule has 0 saturated carbocycles. The van der Waals surface area contributed by atoms with Gasteiger partial charge in [0, 0.05) is 58.5 Å². The molecule has 0 unspecified atom stereocenters. The van der Waals surface area contributed by atoms with Gasteiger partial charge in [-0.2, -0.15) is 0 Å². The molecule has 9 aromatic carbocycles. The maximum Gasteiger partial charge on any atom is 0.0544 e. The highest BCUT2D eigenvalue weighted by Gasteiger charge is 2.36. The molecule has 60 heavy (non-hydrogen) atoms. The van der Waals surface area contributed by atoms with E-state index in [4.69, 9.17) is 0 Å². The van der Waals surface area contributed by atoms with E-state index in [1.54, 1.807) is 0 Å². The highest BCUT2D eigenvalue weighted by atomic mass is 32.1. The van der Waals surface area contributed by atoms with Crippen molar-refractivity contribution in [3.05, 3.63) is 205 Å². The summed E-state index contributed by atoms with van der Waals surface area (Å²) in [4.78, 5) is 0. The minimum atomic E-state index is -0.0815. The summed E-state index contributed by atoms with van der Waals surface area (Å²) in [5.74, 6) is 0. The van der Waals surface area contributed by atoms with Crippen molar-refractivity contribution in [2.24, 2.45) is 0 Å². The number of fused-ring (bicyclic) bond motifs is 12. The Hall–Kier alpha value is -7.20. The molecule has 3 heteroatoms. The summed E-state index contributed by atoms with van der Waals surface area (Å²) in [5.41, 5.74) is 17.6. The summed E-state index contributed by atoms with van der Waals surface area (Å²) >= 11 is 1.89. The third-order valence-electron chi connectivity index (χ3n) is 13.3. The number of nitrogens with zero attached hydrogens (tertiary/aromatic N) is 2. The van der Waals surface area contributed by atoms with E-state index >= 15 is 0 Å². The molecule has 0 N–H and O–H groups in total. The van der Waals surface area contributed by atoms with Crippen LogP contribution in [0, 0.1) is 0 Å². The van der Waals surface area contributed by atoms with Crippen molar-refractivity contribution < 1.29 is 0 Å². The lowest BCUT2D eigenvalue weighted by atomic mass is 9.82. The first-order valence-corrected chi connectivity index (χ1v) is 21.7. The lowest BCUT2D eigenvalue weighted by molar-refractivity contribution is 0.661. The molecule has 3 aromatic heterocycles. The second kappa shape index (κ2) is 12.4. The Kier molecular flexibility index (Phi) is 6.98. The molecule has 0 bridgehead atoms. The largest absolute Gasteiger partial charge is 0.309 e. The van der Waals surface area contributed by atoms with Gasteiger partial charge in [-0.25, -0.2) is 0 Å². The van der Waals surface area contributed by atoms with Crippen LogP contribution in [-0.4, -0.2) is 9.13 Å². The standard InChI is InChI=1S/C57H38N2S/c1-57(2)49-22-11-9-18-41(49)44-33-48-46-31-36(25-28-53(46)59(54(48)34-50(44)57)39-16-7-4-8-17-39)35-24-27-51-45(30-35)47-32-37(26-29-52(47)58(51)38-14-5-3-6-15-38)40-20-13-21-43-42-19-10-12-23-55(42)60-56(40)43/h3-34H,1-2H3. The van der Waals surface area contributed by atoms with E-state index in [-0.39, 0.29) is 5.41 Å². The minimum Gasteiger partial charge on any atom is -0.309 e. The minimum absolute atomic E-state index is 0.0815. The second-order valence-electron chi connectivity index (χ2n) is 16.9. The van der Waals surface area contributed by atoms with Gasteiger partial charge in [-0.05, 0) is 123 Å². The average Bonchev–Trinajstić information content (AvgIpc) is 4.01. The van der Waals surface area contributed by atoms with Crippen LogP contribution < -0.4 is 0 Å². The Morgan fingerprint density at radius 2 is 0.867 bits per heavy atom. The van der Waals surface area contributed by atoms with Gasteiger partial charge in [0.15, 0.2) is 0 Å². The summed E-state index contributed by atoms with van der Waals surface area (Å²) < 4.78 is 7.55. The summed E-state index contributed by atoms with van der Waals surface area (Å²) in [6, 6.07) is 72.3. The third kappa shape index (κ3) is 4.70. The number of hydrogen-bond acceptors (Lipinski definition) is 1.